The van der Waals surface area contributed by atoms with Gasteiger partial charge in [-0.15, -0.1) is 47.0 Å². The molecule has 0 aromatic rings. The number of hydrogen-bond acceptors (Lipinski definition) is 24. The summed E-state index contributed by atoms with van der Waals surface area (Å²) in [5, 5.41) is 14.4. The Morgan fingerprint density at radius 2 is 0.566 bits per heavy atom. The highest BCUT2D eigenvalue weighted by Crippen LogP contribution is 2.23. The molecule has 474 valence electrons. The minimum absolute atomic E-state index is 0.00976. The van der Waals surface area contributed by atoms with Gasteiger partial charge in [-0.05, 0) is 63.5 Å². The summed E-state index contributed by atoms with van der Waals surface area (Å²) in [6, 6.07) is 0. The number of rotatable bonds is 14. The van der Waals surface area contributed by atoms with Crippen LogP contribution in [-0.4, -0.2) is 179 Å². The molecule has 0 bridgehead atoms. The van der Waals surface area contributed by atoms with E-state index in [4.69, 9.17) is 52.8 Å². The minimum atomic E-state index is -1.11. The van der Waals surface area contributed by atoms with E-state index in [2.05, 4.69) is 0 Å². The fourth-order valence-corrected chi connectivity index (χ4v) is 11.7. The summed E-state index contributed by atoms with van der Waals surface area (Å²) in [5.41, 5.74) is 0. The Kier molecular flexibility index (Phi) is 44.8. The van der Waals surface area contributed by atoms with Crippen molar-refractivity contribution in [3.63, 3.8) is 0 Å². The first-order valence-corrected chi connectivity index (χ1v) is 33.7. The van der Waals surface area contributed by atoms with E-state index in [1.165, 1.54) is 11.8 Å². The van der Waals surface area contributed by atoms with E-state index in [9.17, 15) is 52.7 Å². The van der Waals surface area contributed by atoms with Crippen LogP contribution in [-0.2, 0) is 95.4 Å². The van der Waals surface area contributed by atoms with Gasteiger partial charge >= 0.3 is 65.7 Å². The molecule has 4 unspecified atom stereocenters. The molecular formula is C57H90O22S4. The molecule has 2 saturated heterocycles. The Balaban J connectivity index is 1.88. The fourth-order valence-electron chi connectivity index (χ4n) is 8.16. The van der Waals surface area contributed by atoms with Gasteiger partial charge in [-0.1, -0.05) is 103 Å². The van der Waals surface area contributed by atoms with E-state index >= 15 is 0 Å². The van der Waals surface area contributed by atoms with E-state index < -0.39 is 86.7 Å². The van der Waals surface area contributed by atoms with Crippen LogP contribution < -0.4 is 0 Å². The van der Waals surface area contributed by atoms with Crippen molar-refractivity contribution in [2.45, 2.75) is 207 Å². The molecule has 2 aliphatic heterocycles. The van der Waals surface area contributed by atoms with Crippen molar-refractivity contribution in [3.8, 4) is 0 Å². The SMILES string of the molecule is O=C(O)CSC1CC(=O)OCCCCCCCCOC(=O)C(SCC(=O)OCCCSC2CC(=O)OCCCCCCCCOC(=O)CC(SCC(=O)O)C(=O)OCCCCCCCCOC2=O)CC(=O)OCCCCCCCCOC1=O. The third-order valence-electron chi connectivity index (χ3n) is 12.7. The molecule has 2 rings (SSSR count). The number of thioether (sulfide) groups is 4. The largest absolute Gasteiger partial charge is 0.481 e. The van der Waals surface area contributed by atoms with Crippen LogP contribution in [0.15, 0.2) is 0 Å². The van der Waals surface area contributed by atoms with Crippen molar-refractivity contribution < 1.29 is 106 Å². The van der Waals surface area contributed by atoms with Crippen LogP contribution in [0.3, 0.4) is 0 Å². The number of carboxylic acids is 2. The van der Waals surface area contributed by atoms with E-state index in [1.54, 1.807) is 0 Å². The van der Waals surface area contributed by atoms with Gasteiger partial charge in [0.05, 0.1) is 102 Å². The quantitative estimate of drug-likeness (QED) is 0.0932. The molecule has 0 radical (unpaired) electrons. The average Bonchev–Trinajstić information content (AvgIpc) is 3.47. The van der Waals surface area contributed by atoms with Crippen LogP contribution >= 0.6 is 47.0 Å². The van der Waals surface area contributed by atoms with E-state index in [0.717, 1.165) is 138 Å². The van der Waals surface area contributed by atoms with Crippen LogP contribution in [0.5, 0.6) is 0 Å². The van der Waals surface area contributed by atoms with Gasteiger partial charge in [-0.3, -0.25) is 52.7 Å². The van der Waals surface area contributed by atoms with Crippen LogP contribution in [0.4, 0.5) is 0 Å². The molecule has 0 saturated carbocycles. The average molecular weight is 1260 g/mol. The van der Waals surface area contributed by atoms with Crippen LogP contribution in [0.2, 0.25) is 0 Å². The number of cyclic esters (lactones) is 8. The fraction of sp³-hybridized carbons (Fsp3) is 0.807. The molecule has 0 aliphatic carbocycles. The maximum Gasteiger partial charge on any atom is 0.319 e. The first kappa shape index (κ1) is 74.7. The number of carbonyl (C=O) groups excluding carboxylic acids is 9. The van der Waals surface area contributed by atoms with Crippen molar-refractivity contribution in [3.05, 3.63) is 0 Å². The standard InChI is InChI=1S/C57H90O22S4/c58-47(59)40-81-44-38-51(64)73-28-19-11-4-6-14-24-33-79-57(70)46(39-52(65)74-29-20-12-3-5-13-22-31-77-55(44)68)83-42-53(66)75-34-25-35-80-43-36-49(62)71-26-17-9-1-2-10-18-27-72-50(63)37-45(82-41-48(60)61)56(69)78-32-23-16-8-7-15-21-30-76-54(43)67/h43-46H,1-42H2,(H,58,59)(H,60,61). The molecule has 2 aliphatic rings. The van der Waals surface area contributed by atoms with Gasteiger partial charge in [0, 0.05) is 0 Å². The van der Waals surface area contributed by atoms with Crippen molar-refractivity contribution in [2.75, 3.05) is 82.5 Å². The predicted octanol–water partition coefficient (Wildman–Crippen LogP) is 8.79. The molecule has 0 amide bonds. The van der Waals surface area contributed by atoms with Crippen LogP contribution in [0.1, 0.15) is 186 Å². The highest BCUT2D eigenvalue weighted by Gasteiger charge is 2.30. The van der Waals surface area contributed by atoms with Gasteiger partial charge in [-0.25, -0.2) is 0 Å². The lowest BCUT2D eigenvalue weighted by Crippen LogP contribution is -2.27. The zero-order valence-electron chi connectivity index (χ0n) is 48.2. The molecule has 4 atom stereocenters. The highest BCUT2D eigenvalue weighted by atomic mass is 32.2. The second-order valence-corrected chi connectivity index (χ2v) is 24.9. The number of esters is 9. The van der Waals surface area contributed by atoms with Gasteiger partial charge in [0.25, 0.3) is 0 Å². The first-order chi connectivity index (χ1) is 40.1. The molecule has 83 heavy (non-hydrogen) atoms. The third kappa shape index (κ3) is 42.1. The van der Waals surface area contributed by atoms with Gasteiger partial charge in [0.2, 0.25) is 0 Å². The highest BCUT2D eigenvalue weighted by molar-refractivity contribution is 8.01. The van der Waals surface area contributed by atoms with E-state index in [1.807, 2.05) is 0 Å². The molecule has 0 aromatic heterocycles. The molecule has 2 fully saturated rings. The minimum Gasteiger partial charge on any atom is -0.481 e. The summed E-state index contributed by atoms with van der Waals surface area (Å²) in [5.74, 6) is -8.29. The summed E-state index contributed by atoms with van der Waals surface area (Å²) in [4.78, 5) is 138. The molecule has 22 nitrogen and oxygen atoms in total. The van der Waals surface area contributed by atoms with E-state index in [0.29, 0.717) is 63.5 Å². The zero-order valence-corrected chi connectivity index (χ0v) is 51.5. The molecule has 2 heterocycles. The van der Waals surface area contributed by atoms with Crippen molar-refractivity contribution in [1.82, 2.24) is 0 Å². The maximum atomic E-state index is 13.3. The summed E-state index contributed by atoms with van der Waals surface area (Å²) in [6.45, 7) is 1.13. The smallest absolute Gasteiger partial charge is 0.319 e. The maximum absolute atomic E-state index is 13.3. The predicted molar refractivity (Wildman–Crippen MR) is 313 cm³/mol. The third-order valence-corrected chi connectivity index (χ3v) is 17.5. The summed E-state index contributed by atoms with van der Waals surface area (Å²) < 4.78 is 48.9. The Morgan fingerprint density at radius 1 is 0.337 bits per heavy atom. The van der Waals surface area contributed by atoms with E-state index in [-0.39, 0.29) is 102 Å². The van der Waals surface area contributed by atoms with Gasteiger partial charge in [-0.2, -0.15) is 0 Å². The number of hydrogen-bond donors (Lipinski definition) is 2. The lowest BCUT2D eigenvalue weighted by Gasteiger charge is -2.16. The van der Waals surface area contributed by atoms with Gasteiger partial charge in [0.15, 0.2) is 0 Å². The number of carbonyl (C=O) groups is 11. The summed E-state index contributed by atoms with van der Waals surface area (Å²) in [7, 11) is 0. The number of ether oxygens (including phenoxy) is 9. The molecule has 0 spiro atoms. The van der Waals surface area contributed by atoms with Crippen molar-refractivity contribution >= 4 is 113 Å². The normalized spacial score (nSPS) is 23.1. The monoisotopic (exact) mass is 1250 g/mol. The van der Waals surface area contributed by atoms with Gasteiger partial charge < -0.3 is 52.8 Å². The molecular weight excluding hydrogens is 1160 g/mol. The molecule has 26 heteroatoms. The number of aliphatic carboxylic acids is 2. The topological polar surface area (TPSA) is 311 Å². The molecule has 0 aromatic carbocycles. The van der Waals surface area contributed by atoms with Crippen LogP contribution in [0.25, 0.3) is 0 Å². The van der Waals surface area contributed by atoms with Crippen molar-refractivity contribution in [2.24, 2.45) is 0 Å². The lowest BCUT2D eigenvalue weighted by molar-refractivity contribution is -0.150. The summed E-state index contributed by atoms with van der Waals surface area (Å²) >= 11 is 3.79. The molecule has 2 N–H and O–H groups in total. The van der Waals surface area contributed by atoms with Gasteiger partial charge in [0.1, 0.15) is 21.0 Å². The second kappa shape index (κ2) is 49.8. The van der Waals surface area contributed by atoms with Crippen molar-refractivity contribution in [1.29, 1.82) is 0 Å². The first-order valence-electron chi connectivity index (χ1n) is 29.5. The Labute approximate surface area is 505 Å². The number of carboxylic acid groups (broad SMARTS) is 2. The Morgan fingerprint density at radius 3 is 0.831 bits per heavy atom. The lowest BCUT2D eigenvalue weighted by atomic mass is 10.1. The van der Waals surface area contributed by atoms with Crippen LogP contribution in [0, 0.1) is 0 Å². The zero-order chi connectivity index (χ0) is 60.6. The second-order valence-electron chi connectivity index (χ2n) is 20.0. The summed E-state index contributed by atoms with van der Waals surface area (Å²) in [6.07, 6.45) is 16.7. The Bertz CT molecular complexity index is 1920. The Hall–Kier alpha value is -4.43.